The molecule has 104 valence electrons. The number of amides is 1. The zero-order chi connectivity index (χ0) is 13.5. The average Bonchev–Trinajstić information content (AvgIpc) is 2.62. The van der Waals surface area contributed by atoms with Gasteiger partial charge < -0.3 is 0 Å². The minimum absolute atomic E-state index is 0.0110. The van der Waals surface area contributed by atoms with Gasteiger partial charge in [-0.15, -0.1) is 0 Å². The molecule has 3 rings (SSSR count). The van der Waals surface area contributed by atoms with E-state index in [1.165, 1.54) is 28.5 Å². The van der Waals surface area contributed by atoms with E-state index in [-0.39, 0.29) is 24.4 Å². The van der Waals surface area contributed by atoms with Gasteiger partial charge in [0.2, 0.25) is 0 Å². The minimum atomic E-state index is -0.371. The zero-order valence-electron chi connectivity index (χ0n) is 11.2. The predicted molar refractivity (Wildman–Crippen MR) is 79.5 cm³/mol. The van der Waals surface area contributed by atoms with E-state index >= 15 is 0 Å². The van der Waals surface area contributed by atoms with Crippen molar-refractivity contribution in [2.24, 2.45) is 5.92 Å². The van der Waals surface area contributed by atoms with Crippen molar-refractivity contribution in [2.75, 3.05) is 5.88 Å². The van der Waals surface area contributed by atoms with E-state index in [4.69, 9.17) is 11.6 Å². The molecule has 0 bridgehead atoms. The molecule has 0 aromatic carbocycles. The van der Waals surface area contributed by atoms with Gasteiger partial charge in [0.05, 0.1) is 0 Å². The first-order valence-electron chi connectivity index (χ1n) is 7.09. The fourth-order valence-corrected chi connectivity index (χ4v) is 8.51. The van der Waals surface area contributed by atoms with Crippen LogP contribution in [-0.4, -0.2) is 38.8 Å². The molecule has 2 heterocycles. The van der Waals surface area contributed by atoms with Crippen molar-refractivity contribution in [3.05, 3.63) is 21.3 Å². The van der Waals surface area contributed by atoms with Crippen LogP contribution in [0, 0.1) is 5.92 Å². The summed E-state index contributed by atoms with van der Waals surface area (Å²) in [6, 6.07) is 0.330. The predicted octanol–water partition coefficient (Wildman–Crippen LogP) is 3.01. The van der Waals surface area contributed by atoms with E-state index in [0.717, 1.165) is 12.8 Å². The summed E-state index contributed by atoms with van der Waals surface area (Å²) in [6.07, 6.45) is 10.4. The SMILES string of the molecule is CC1=C(CCCl)C2NC(=O)C2(CC2C=CCCC2)[Te]1. The molecular weight excluding hydrogens is 373 g/mol. The van der Waals surface area contributed by atoms with Gasteiger partial charge in [-0.05, 0) is 0 Å². The molecule has 2 aliphatic heterocycles. The summed E-state index contributed by atoms with van der Waals surface area (Å²) in [6.45, 7) is 2.23. The van der Waals surface area contributed by atoms with Crippen LogP contribution in [0.3, 0.4) is 0 Å². The van der Waals surface area contributed by atoms with E-state index in [0.29, 0.717) is 23.7 Å². The molecule has 0 aromatic heterocycles. The fraction of sp³-hybridized carbons (Fsp3) is 0.667. The molecule has 3 aliphatic rings. The maximum absolute atomic E-state index is 12.2. The van der Waals surface area contributed by atoms with Crippen LogP contribution in [0.2, 0.25) is 3.46 Å². The van der Waals surface area contributed by atoms with Crippen molar-refractivity contribution in [2.45, 2.75) is 48.5 Å². The second kappa shape index (κ2) is 5.43. The molecule has 19 heavy (non-hydrogen) atoms. The molecule has 0 spiro atoms. The van der Waals surface area contributed by atoms with Crippen molar-refractivity contribution in [1.82, 2.24) is 5.32 Å². The van der Waals surface area contributed by atoms with Crippen LogP contribution in [0.1, 0.15) is 39.0 Å². The third kappa shape index (κ3) is 2.28. The molecule has 4 heteroatoms. The van der Waals surface area contributed by atoms with E-state index in [9.17, 15) is 4.79 Å². The molecule has 1 fully saturated rings. The number of hydrogen-bond donors (Lipinski definition) is 1. The Balaban J connectivity index is 1.78. The van der Waals surface area contributed by atoms with Gasteiger partial charge >= 0.3 is 130 Å². The van der Waals surface area contributed by atoms with E-state index in [2.05, 4.69) is 24.4 Å². The molecule has 0 aromatic rings. The molecule has 3 atom stereocenters. The number of carbonyl (C=O) groups excluding carboxylic acids is 1. The normalized spacial score (nSPS) is 37.1. The second-order valence-corrected chi connectivity index (χ2v) is 10.5. The second-order valence-electron chi connectivity index (χ2n) is 5.74. The first-order chi connectivity index (χ1) is 9.17. The number of β-lactam (4-membered cyclic amide) rings is 1. The van der Waals surface area contributed by atoms with Gasteiger partial charge in [-0.25, -0.2) is 0 Å². The summed E-state index contributed by atoms with van der Waals surface area (Å²) < 4.78 is 1.51. The van der Waals surface area contributed by atoms with E-state index in [1.54, 1.807) is 0 Å². The summed E-state index contributed by atoms with van der Waals surface area (Å²) in [5.74, 6) is 1.61. The molecule has 2 nitrogen and oxygen atoms in total. The monoisotopic (exact) mass is 395 g/mol. The molecule has 1 aliphatic carbocycles. The number of alkyl halides is 1. The Kier molecular flexibility index (Phi) is 4.00. The Hall–Kier alpha value is 0.0296. The molecular formula is C15H20ClNOTe. The van der Waals surface area contributed by atoms with Crippen LogP contribution >= 0.6 is 11.6 Å². The fourth-order valence-electron chi connectivity index (χ4n) is 3.56. The number of hydrogen-bond acceptors (Lipinski definition) is 1. The van der Waals surface area contributed by atoms with Gasteiger partial charge in [0.1, 0.15) is 0 Å². The number of rotatable bonds is 4. The zero-order valence-corrected chi connectivity index (χ0v) is 14.3. The molecule has 1 saturated heterocycles. The average molecular weight is 393 g/mol. The Morgan fingerprint density at radius 2 is 2.42 bits per heavy atom. The van der Waals surface area contributed by atoms with Crippen LogP contribution in [0.15, 0.2) is 21.3 Å². The third-order valence-corrected chi connectivity index (χ3v) is 9.07. The summed E-state index contributed by atoms with van der Waals surface area (Å²) in [4.78, 5) is 12.2. The number of nitrogens with one attached hydrogen (secondary N) is 1. The first-order valence-corrected chi connectivity index (χ1v) is 9.96. The van der Waals surface area contributed by atoms with Crippen molar-refractivity contribution in [3.8, 4) is 0 Å². The summed E-state index contributed by atoms with van der Waals surface area (Å²) >= 11 is 5.54. The van der Waals surface area contributed by atoms with Crippen LogP contribution in [0.4, 0.5) is 0 Å². The van der Waals surface area contributed by atoms with Crippen molar-refractivity contribution < 1.29 is 4.79 Å². The third-order valence-electron chi connectivity index (χ3n) is 4.55. The molecule has 3 unspecified atom stereocenters. The number of fused-ring (bicyclic) bond motifs is 1. The Labute approximate surface area is 130 Å². The van der Waals surface area contributed by atoms with Crippen molar-refractivity contribution >= 4 is 38.4 Å². The van der Waals surface area contributed by atoms with Crippen LogP contribution in [-0.2, 0) is 4.79 Å². The van der Waals surface area contributed by atoms with Crippen LogP contribution < -0.4 is 5.32 Å². The number of allylic oxidation sites excluding steroid dienone is 3. The van der Waals surface area contributed by atoms with E-state index in [1.807, 2.05) is 0 Å². The maximum atomic E-state index is 12.2. The Morgan fingerprint density at radius 3 is 3.05 bits per heavy atom. The number of halogens is 1. The standard InChI is InChI=1S/C15H20ClNOTe/c1-10-12(7-8-16)13-15(19-10,14(18)17-13)9-11-5-3-2-4-6-11/h3,5,11,13H,2,4,6-9H2,1H3,(H,17,18). The van der Waals surface area contributed by atoms with Gasteiger partial charge in [-0.2, -0.15) is 0 Å². The molecule has 1 amide bonds. The summed E-state index contributed by atoms with van der Waals surface area (Å²) in [7, 11) is 0. The van der Waals surface area contributed by atoms with Crippen molar-refractivity contribution in [1.29, 1.82) is 0 Å². The quantitative estimate of drug-likeness (QED) is 0.338. The number of carbonyl (C=O) groups is 1. The summed E-state index contributed by atoms with van der Waals surface area (Å²) in [5.41, 5.74) is 1.46. The van der Waals surface area contributed by atoms with Gasteiger partial charge in [0.15, 0.2) is 0 Å². The molecule has 0 radical (unpaired) electrons. The molecule has 1 N–H and O–H groups in total. The Morgan fingerprint density at radius 1 is 1.58 bits per heavy atom. The van der Waals surface area contributed by atoms with Crippen molar-refractivity contribution in [3.63, 3.8) is 0 Å². The Bertz CT molecular complexity index is 459. The molecule has 0 saturated carbocycles. The first kappa shape index (κ1) is 14.0. The van der Waals surface area contributed by atoms with Crippen LogP contribution in [0.25, 0.3) is 0 Å². The van der Waals surface area contributed by atoms with Gasteiger partial charge in [0, 0.05) is 0 Å². The van der Waals surface area contributed by atoms with Gasteiger partial charge in [-0.1, -0.05) is 0 Å². The topological polar surface area (TPSA) is 29.1 Å². The van der Waals surface area contributed by atoms with Gasteiger partial charge in [-0.3, -0.25) is 0 Å². The van der Waals surface area contributed by atoms with E-state index < -0.39 is 0 Å². The van der Waals surface area contributed by atoms with Crippen LogP contribution in [0.5, 0.6) is 0 Å². The van der Waals surface area contributed by atoms with Gasteiger partial charge in [0.25, 0.3) is 0 Å². The summed E-state index contributed by atoms with van der Waals surface area (Å²) in [5, 5.41) is 3.15.